The maximum atomic E-state index is 12.2. The van der Waals surface area contributed by atoms with E-state index in [4.69, 9.17) is 12.2 Å². The number of hydrogen-bond donors (Lipinski definition) is 4. The first-order valence-corrected chi connectivity index (χ1v) is 10.3. The molecule has 0 aliphatic rings. The second-order valence-corrected chi connectivity index (χ2v) is 8.14. The predicted octanol–water partition coefficient (Wildman–Crippen LogP) is 3.23. The van der Waals surface area contributed by atoms with E-state index in [9.17, 15) is 14.4 Å². The highest BCUT2D eigenvalue weighted by Crippen LogP contribution is 2.12. The van der Waals surface area contributed by atoms with Gasteiger partial charge in [-0.2, -0.15) is 0 Å². The zero-order valence-electron chi connectivity index (χ0n) is 15.9. The molecular formula is C20H21IN4O3S. The van der Waals surface area contributed by atoms with Crippen molar-refractivity contribution in [2.24, 2.45) is 5.92 Å². The molecule has 0 heterocycles. The van der Waals surface area contributed by atoms with Gasteiger partial charge in [0.2, 0.25) is 5.91 Å². The van der Waals surface area contributed by atoms with E-state index in [-0.39, 0.29) is 22.8 Å². The summed E-state index contributed by atoms with van der Waals surface area (Å²) in [5.74, 6) is -0.618. The van der Waals surface area contributed by atoms with Crippen molar-refractivity contribution in [2.75, 3.05) is 5.32 Å². The first-order chi connectivity index (χ1) is 13.8. The summed E-state index contributed by atoms with van der Waals surface area (Å²) < 4.78 is 0.787. The number of anilines is 1. The molecule has 152 valence electrons. The molecular weight excluding hydrogens is 503 g/mol. The molecule has 0 atom stereocenters. The Balaban J connectivity index is 1.84. The molecule has 0 saturated carbocycles. The number of benzene rings is 2. The molecule has 7 nitrogen and oxygen atoms in total. The van der Waals surface area contributed by atoms with Crippen LogP contribution in [0.5, 0.6) is 0 Å². The Hall–Kier alpha value is -2.53. The molecule has 0 bridgehead atoms. The molecule has 0 fully saturated rings. The van der Waals surface area contributed by atoms with Crippen molar-refractivity contribution in [2.45, 2.75) is 20.3 Å². The van der Waals surface area contributed by atoms with Gasteiger partial charge in [-0.15, -0.1) is 0 Å². The third-order valence-electron chi connectivity index (χ3n) is 3.66. The van der Waals surface area contributed by atoms with Crippen LogP contribution < -0.4 is 21.5 Å². The largest absolute Gasteiger partial charge is 0.326 e. The number of halogens is 1. The second kappa shape index (κ2) is 10.9. The minimum Gasteiger partial charge on any atom is -0.326 e. The quantitative estimate of drug-likeness (QED) is 0.274. The number of carbonyl (C=O) groups is 3. The Bertz CT molecular complexity index is 916. The van der Waals surface area contributed by atoms with Crippen LogP contribution in [0.2, 0.25) is 0 Å². The number of amides is 3. The van der Waals surface area contributed by atoms with E-state index in [0.717, 1.165) is 3.57 Å². The Morgan fingerprint density at radius 3 is 2.24 bits per heavy atom. The SMILES string of the molecule is CC(C)CC(=O)Nc1ccc(C(=O)NNC(=S)NC(=O)c2ccccc2I)cc1. The van der Waals surface area contributed by atoms with Crippen molar-refractivity contribution in [3.05, 3.63) is 63.2 Å². The lowest BCUT2D eigenvalue weighted by molar-refractivity contribution is -0.116. The molecule has 0 spiro atoms. The van der Waals surface area contributed by atoms with Gasteiger partial charge in [0.1, 0.15) is 0 Å². The summed E-state index contributed by atoms with van der Waals surface area (Å²) in [5.41, 5.74) is 6.38. The van der Waals surface area contributed by atoms with Crippen molar-refractivity contribution in [1.82, 2.24) is 16.2 Å². The lowest BCUT2D eigenvalue weighted by Crippen LogP contribution is -2.48. The molecule has 0 aliphatic carbocycles. The zero-order valence-corrected chi connectivity index (χ0v) is 18.9. The average Bonchev–Trinajstić information content (AvgIpc) is 2.66. The number of rotatable bonds is 5. The summed E-state index contributed by atoms with van der Waals surface area (Å²) in [4.78, 5) is 36.2. The molecule has 0 radical (unpaired) electrons. The first-order valence-electron chi connectivity index (χ1n) is 8.82. The van der Waals surface area contributed by atoms with Gasteiger partial charge in [-0.25, -0.2) is 0 Å². The third kappa shape index (κ3) is 7.42. The topological polar surface area (TPSA) is 99.3 Å². The summed E-state index contributed by atoms with van der Waals surface area (Å²) in [5, 5.41) is 5.25. The van der Waals surface area contributed by atoms with Crippen LogP contribution in [0.1, 0.15) is 41.0 Å². The summed E-state index contributed by atoms with van der Waals surface area (Å²) in [7, 11) is 0. The van der Waals surface area contributed by atoms with Crippen molar-refractivity contribution >= 4 is 63.3 Å². The van der Waals surface area contributed by atoms with Gasteiger partial charge in [0.25, 0.3) is 11.8 Å². The van der Waals surface area contributed by atoms with Crippen LogP contribution in [0.25, 0.3) is 0 Å². The molecule has 0 unspecified atom stereocenters. The first kappa shape index (κ1) is 22.8. The van der Waals surface area contributed by atoms with Crippen LogP contribution >= 0.6 is 34.8 Å². The number of nitrogens with one attached hydrogen (secondary N) is 4. The van der Waals surface area contributed by atoms with E-state index in [0.29, 0.717) is 23.2 Å². The highest BCUT2D eigenvalue weighted by atomic mass is 127. The fourth-order valence-corrected chi connectivity index (χ4v) is 3.10. The molecule has 2 aromatic rings. The minimum absolute atomic E-state index is 0.0272. The van der Waals surface area contributed by atoms with E-state index in [1.54, 1.807) is 36.4 Å². The van der Waals surface area contributed by atoms with E-state index in [1.165, 1.54) is 0 Å². The maximum Gasteiger partial charge on any atom is 0.269 e. The van der Waals surface area contributed by atoms with Gasteiger partial charge < -0.3 is 5.32 Å². The van der Waals surface area contributed by atoms with Crippen molar-refractivity contribution in [3.63, 3.8) is 0 Å². The molecule has 2 rings (SSSR count). The lowest BCUT2D eigenvalue weighted by atomic mass is 10.1. The highest BCUT2D eigenvalue weighted by molar-refractivity contribution is 14.1. The van der Waals surface area contributed by atoms with Gasteiger partial charge in [0, 0.05) is 21.2 Å². The van der Waals surface area contributed by atoms with Crippen molar-refractivity contribution < 1.29 is 14.4 Å². The Morgan fingerprint density at radius 2 is 1.62 bits per heavy atom. The molecule has 2 aromatic carbocycles. The van der Waals surface area contributed by atoms with Crippen LogP contribution in [0.15, 0.2) is 48.5 Å². The van der Waals surface area contributed by atoms with Crippen molar-refractivity contribution in [1.29, 1.82) is 0 Å². The van der Waals surface area contributed by atoms with E-state index in [1.807, 2.05) is 26.0 Å². The van der Waals surface area contributed by atoms with Gasteiger partial charge >= 0.3 is 0 Å². The van der Waals surface area contributed by atoms with Gasteiger partial charge in [-0.05, 0) is 77.1 Å². The van der Waals surface area contributed by atoms with E-state index in [2.05, 4.69) is 44.1 Å². The van der Waals surface area contributed by atoms with Crippen LogP contribution in [-0.2, 0) is 4.79 Å². The molecule has 0 saturated heterocycles. The van der Waals surface area contributed by atoms with Crippen LogP contribution in [0, 0.1) is 9.49 Å². The number of hydrogen-bond acceptors (Lipinski definition) is 4. The van der Waals surface area contributed by atoms with Crippen LogP contribution in [0.3, 0.4) is 0 Å². The van der Waals surface area contributed by atoms with Gasteiger partial charge in [-0.1, -0.05) is 26.0 Å². The Morgan fingerprint density at radius 1 is 0.966 bits per heavy atom. The summed E-state index contributed by atoms with van der Waals surface area (Å²) in [6, 6.07) is 13.5. The van der Waals surface area contributed by atoms with E-state index >= 15 is 0 Å². The standard InChI is InChI=1S/C20H21IN4O3S/c1-12(2)11-17(26)22-14-9-7-13(8-10-14)18(27)24-25-20(29)23-19(28)15-5-3-4-6-16(15)21/h3-10,12H,11H2,1-2H3,(H,22,26)(H,24,27)(H2,23,25,28,29). The smallest absolute Gasteiger partial charge is 0.269 e. The van der Waals surface area contributed by atoms with Gasteiger partial charge in [0.05, 0.1) is 5.56 Å². The highest BCUT2D eigenvalue weighted by Gasteiger charge is 2.12. The number of hydrazine groups is 1. The molecule has 0 aromatic heterocycles. The van der Waals surface area contributed by atoms with Crippen LogP contribution in [0.4, 0.5) is 5.69 Å². The number of thiocarbonyl (C=S) groups is 1. The van der Waals surface area contributed by atoms with Crippen LogP contribution in [-0.4, -0.2) is 22.8 Å². The normalized spacial score (nSPS) is 10.2. The fourth-order valence-electron chi connectivity index (χ4n) is 2.32. The molecule has 0 aliphatic heterocycles. The van der Waals surface area contributed by atoms with Gasteiger partial charge in [-0.3, -0.25) is 30.6 Å². The maximum absolute atomic E-state index is 12.2. The summed E-state index contributed by atoms with van der Waals surface area (Å²) in [6.07, 6.45) is 0.428. The minimum atomic E-state index is -0.434. The molecule has 4 N–H and O–H groups in total. The average molecular weight is 524 g/mol. The molecule has 29 heavy (non-hydrogen) atoms. The zero-order chi connectivity index (χ0) is 21.4. The molecule has 9 heteroatoms. The second-order valence-electron chi connectivity index (χ2n) is 6.57. The molecule has 3 amide bonds. The Labute approximate surface area is 188 Å². The summed E-state index contributed by atoms with van der Waals surface area (Å²) >= 11 is 7.09. The van der Waals surface area contributed by atoms with Gasteiger partial charge in [0.15, 0.2) is 5.11 Å². The van der Waals surface area contributed by atoms with E-state index < -0.39 is 5.91 Å². The van der Waals surface area contributed by atoms with Crippen molar-refractivity contribution in [3.8, 4) is 0 Å². The lowest BCUT2D eigenvalue weighted by Gasteiger charge is -2.12. The predicted molar refractivity (Wildman–Crippen MR) is 124 cm³/mol. The monoisotopic (exact) mass is 524 g/mol. The Kier molecular flexibility index (Phi) is 8.52. The fraction of sp³-hybridized carbons (Fsp3) is 0.200. The third-order valence-corrected chi connectivity index (χ3v) is 4.80. The number of carbonyl (C=O) groups excluding carboxylic acids is 3. The summed E-state index contributed by atoms with van der Waals surface area (Å²) in [6.45, 7) is 3.93.